The van der Waals surface area contributed by atoms with E-state index in [9.17, 15) is 4.39 Å². The highest BCUT2D eigenvalue weighted by Gasteiger charge is 2.36. The van der Waals surface area contributed by atoms with Crippen LogP contribution in [0.1, 0.15) is 6.92 Å². The van der Waals surface area contributed by atoms with Gasteiger partial charge in [-0.2, -0.15) is 4.39 Å². The van der Waals surface area contributed by atoms with Crippen LogP contribution in [0.5, 0.6) is 11.5 Å². The topological polar surface area (TPSA) is 21.7 Å². The molecule has 6 heteroatoms. The molecule has 102 valence electrons. The van der Waals surface area contributed by atoms with E-state index in [-0.39, 0.29) is 0 Å². The molecule has 0 saturated carbocycles. The van der Waals surface area contributed by atoms with Gasteiger partial charge in [0.2, 0.25) is 0 Å². The molecule has 1 unspecified atom stereocenters. The summed E-state index contributed by atoms with van der Waals surface area (Å²) in [5.74, 6) is 0.777. The van der Waals surface area contributed by atoms with Gasteiger partial charge in [-0.05, 0) is 34.1 Å². The molecule has 1 atom stereocenters. The maximum Gasteiger partial charge on any atom is 0.404 e. The molecule has 0 radical (unpaired) electrons. The maximum absolute atomic E-state index is 13.6. The number of halogens is 3. The van der Waals surface area contributed by atoms with Gasteiger partial charge in [-0.15, -0.1) is 0 Å². The van der Waals surface area contributed by atoms with Crippen LogP contribution in [0.3, 0.4) is 0 Å². The normalized spacial score (nSPS) is 21.4. The third kappa shape index (κ3) is 3.30. The Bertz CT molecular complexity index is 558. The van der Waals surface area contributed by atoms with E-state index in [1.165, 1.54) is 6.92 Å². The van der Waals surface area contributed by atoms with Crippen molar-refractivity contribution in [3.05, 3.63) is 39.9 Å². The van der Waals surface area contributed by atoms with Gasteiger partial charge in [-0.3, -0.25) is 0 Å². The van der Waals surface area contributed by atoms with Crippen LogP contribution in [0.4, 0.5) is 10.1 Å². The third-order valence-corrected chi connectivity index (χ3v) is 3.49. The van der Waals surface area contributed by atoms with Gasteiger partial charge in [0.25, 0.3) is 0 Å². The van der Waals surface area contributed by atoms with Crippen LogP contribution in [0, 0.1) is 0 Å². The lowest BCUT2D eigenvalue weighted by atomic mass is 10.2. The highest BCUT2D eigenvalue weighted by atomic mass is 79.9. The maximum atomic E-state index is 13.6. The van der Waals surface area contributed by atoms with E-state index in [0.717, 1.165) is 14.8 Å². The second-order valence-electron chi connectivity index (χ2n) is 4.14. The van der Waals surface area contributed by atoms with E-state index < -0.39 is 6.04 Å². The molecule has 0 fully saturated rings. The van der Waals surface area contributed by atoms with Crippen molar-refractivity contribution < 1.29 is 13.9 Å². The number of anilines is 1. The quantitative estimate of drug-likeness (QED) is 0.550. The van der Waals surface area contributed by atoms with Crippen LogP contribution in [-0.2, 0) is 0 Å². The number of nitrogens with zero attached hydrogens (tertiary/aromatic N) is 1. The molecule has 0 amide bonds. The van der Waals surface area contributed by atoms with Crippen molar-refractivity contribution in [1.29, 1.82) is 0 Å². The SMILES string of the molecule is C=C(Br)/C=C(/Br)N(C)c1ccc2c(c1)OC(C)(F)O2. The molecule has 1 heterocycles. The van der Waals surface area contributed by atoms with Crippen LogP contribution in [0.25, 0.3) is 0 Å². The summed E-state index contributed by atoms with van der Waals surface area (Å²) in [6.45, 7) is 4.96. The molecular weight excluding hydrogens is 381 g/mol. The zero-order chi connectivity index (χ0) is 14.2. The predicted molar refractivity (Wildman–Crippen MR) is 80.7 cm³/mol. The molecule has 19 heavy (non-hydrogen) atoms. The summed E-state index contributed by atoms with van der Waals surface area (Å²) in [6, 6.07) is 3.11. The lowest BCUT2D eigenvalue weighted by Gasteiger charge is -2.18. The molecule has 1 aliphatic rings. The number of alkyl halides is 1. The van der Waals surface area contributed by atoms with Gasteiger partial charge < -0.3 is 14.4 Å². The van der Waals surface area contributed by atoms with E-state index in [4.69, 9.17) is 9.47 Å². The molecule has 0 spiro atoms. The van der Waals surface area contributed by atoms with Crippen LogP contribution in [0.15, 0.2) is 39.9 Å². The Morgan fingerprint density at radius 2 is 2.00 bits per heavy atom. The molecule has 0 bridgehead atoms. The lowest BCUT2D eigenvalue weighted by molar-refractivity contribution is -0.173. The van der Waals surface area contributed by atoms with E-state index in [0.29, 0.717) is 11.5 Å². The van der Waals surface area contributed by atoms with Crippen molar-refractivity contribution in [1.82, 2.24) is 0 Å². The van der Waals surface area contributed by atoms with Crippen molar-refractivity contribution in [3.8, 4) is 11.5 Å². The number of ether oxygens (including phenoxy) is 2. The summed E-state index contributed by atoms with van der Waals surface area (Å²) in [5, 5.41) is 0. The molecule has 0 saturated heterocycles. The van der Waals surface area contributed by atoms with Crippen LogP contribution in [-0.4, -0.2) is 13.1 Å². The first-order valence-electron chi connectivity index (χ1n) is 5.45. The number of fused-ring (bicyclic) bond motifs is 1. The molecular formula is C13H12Br2FNO2. The summed E-state index contributed by atoms with van der Waals surface area (Å²) >= 11 is 6.69. The highest BCUT2D eigenvalue weighted by molar-refractivity contribution is 9.12. The van der Waals surface area contributed by atoms with Gasteiger partial charge in [0.15, 0.2) is 11.5 Å². The average Bonchev–Trinajstić information content (AvgIpc) is 2.59. The van der Waals surface area contributed by atoms with E-state index in [1.807, 2.05) is 24.1 Å². The third-order valence-electron chi connectivity index (χ3n) is 2.50. The summed E-state index contributed by atoms with van der Waals surface area (Å²) in [6.07, 6.45) is 1.81. The monoisotopic (exact) mass is 391 g/mol. The fourth-order valence-corrected chi connectivity index (χ4v) is 2.64. The van der Waals surface area contributed by atoms with Gasteiger partial charge >= 0.3 is 6.04 Å². The first kappa shape index (κ1) is 14.4. The first-order valence-corrected chi connectivity index (χ1v) is 7.03. The molecule has 1 aliphatic heterocycles. The second kappa shape index (κ2) is 5.17. The van der Waals surface area contributed by atoms with Gasteiger partial charge in [-0.1, -0.05) is 22.5 Å². The zero-order valence-corrected chi connectivity index (χ0v) is 13.6. The second-order valence-corrected chi connectivity index (χ2v) is 5.97. The summed E-state index contributed by atoms with van der Waals surface area (Å²) in [7, 11) is 1.86. The zero-order valence-electron chi connectivity index (χ0n) is 10.4. The number of benzene rings is 1. The van der Waals surface area contributed by atoms with E-state index in [2.05, 4.69) is 38.4 Å². The Hall–Kier alpha value is -1.01. The molecule has 0 aromatic heterocycles. The number of hydrogen-bond acceptors (Lipinski definition) is 3. The number of allylic oxidation sites excluding steroid dienone is 2. The highest BCUT2D eigenvalue weighted by Crippen LogP contribution is 2.42. The van der Waals surface area contributed by atoms with Crippen molar-refractivity contribution in [2.24, 2.45) is 0 Å². The average molecular weight is 393 g/mol. The van der Waals surface area contributed by atoms with Crippen LogP contribution >= 0.6 is 31.9 Å². The number of hydrogen-bond donors (Lipinski definition) is 0. The minimum absolute atomic E-state index is 0.382. The fourth-order valence-electron chi connectivity index (χ4n) is 1.63. The van der Waals surface area contributed by atoms with Crippen molar-refractivity contribution in [3.63, 3.8) is 0 Å². The molecule has 2 rings (SSSR count). The van der Waals surface area contributed by atoms with Crippen molar-refractivity contribution in [2.45, 2.75) is 13.0 Å². The molecule has 3 nitrogen and oxygen atoms in total. The van der Waals surface area contributed by atoms with E-state index >= 15 is 0 Å². The Labute approximate surface area is 127 Å². The van der Waals surface area contributed by atoms with Crippen LogP contribution < -0.4 is 14.4 Å². The Morgan fingerprint density at radius 1 is 1.37 bits per heavy atom. The predicted octanol–water partition coefficient (Wildman–Crippen LogP) is 4.68. The van der Waals surface area contributed by atoms with Gasteiger partial charge in [-0.25, -0.2) is 0 Å². The minimum atomic E-state index is -2.10. The van der Waals surface area contributed by atoms with Gasteiger partial charge in [0, 0.05) is 30.2 Å². The van der Waals surface area contributed by atoms with Crippen molar-refractivity contribution in [2.75, 3.05) is 11.9 Å². The molecule has 0 N–H and O–H groups in total. The lowest BCUT2D eigenvalue weighted by Crippen LogP contribution is -2.27. The largest absolute Gasteiger partial charge is 0.423 e. The molecule has 1 aromatic rings. The Balaban J connectivity index is 2.27. The smallest absolute Gasteiger partial charge is 0.404 e. The van der Waals surface area contributed by atoms with Crippen LogP contribution in [0.2, 0.25) is 0 Å². The van der Waals surface area contributed by atoms with Crippen molar-refractivity contribution >= 4 is 37.5 Å². The Kier molecular flexibility index (Phi) is 3.92. The van der Waals surface area contributed by atoms with E-state index in [1.54, 1.807) is 12.1 Å². The molecule has 0 aliphatic carbocycles. The van der Waals surface area contributed by atoms with Gasteiger partial charge in [0.1, 0.15) is 0 Å². The first-order chi connectivity index (χ1) is 8.78. The minimum Gasteiger partial charge on any atom is -0.423 e. The summed E-state index contributed by atoms with van der Waals surface area (Å²) in [5.41, 5.74) is 0.830. The summed E-state index contributed by atoms with van der Waals surface area (Å²) < 4.78 is 25.2. The molecule has 1 aromatic carbocycles. The van der Waals surface area contributed by atoms with Gasteiger partial charge in [0.05, 0.1) is 4.61 Å². The fraction of sp³-hybridized carbons (Fsp3) is 0.231. The Morgan fingerprint density at radius 3 is 2.63 bits per heavy atom. The standard InChI is InChI=1S/C13H12Br2FNO2/c1-8(14)6-12(15)17(3)9-4-5-10-11(7-9)19-13(2,16)18-10/h4-7H,1H2,2-3H3/b12-6-. The summed E-state index contributed by atoms with van der Waals surface area (Å²) in [4.78, 5) is 1.87. The number of rotatable bonds is 3.